The molecule has 3 rings (SSSR count). The first-order valence-electron chi connectivity index (χ1n) is 5.75. The topological polar surface area (TPSA) is 79.7 Å². The predicted molar refractivity (Wildman–Crippen MR) is 65.8 cm³/mol. The van der Waals surface area contributed by atoms with E-state index in [0.717, 1.165) is 0 Å². The lowest BCUT2D eigenvalue weighted by molar-refractivity contribution is -0.170. The van der Waals surface area contributed by atoms with Gasteiger partial charge in [0.05, 0.1) is 5.69 Å². The summed E-state index contributed by atoms with van der Waals surface area (Å²) in [6.07, 6.45) is 1.60. The van der Waals surface area contributed by atoms with Gasteiger partial charge in [-0.15, -0.1) is 0 Å². The number of carbonyl (C=O) groups is 1. The number of rotatable bonds is 2. The van der Waals surface area contributed by atoms with Gasteiger partial charge in [0, 0.05) is 22.9 Å². The van der Waals surface area contributed by atoms with Crippen LogP contribution in [0.5, 0.6) is 0 Å². The minimum absolute atomic E-state index is 0.370. The monoisotopic (exact) mass is 257 g/mol. The minimum atomic E-state index is -1.91. The van der Waals surface area contributed by atoms with Gasteiger partial charge in [0.2, 0.25) is 5.60 Å². The molecule has 5 heteroatoms. The maximum absolute atomic E-state index is 12.0. The highest BCUT2D eigenvalue weighted by Crippen LogP contribution is 2.46. The van der Waals surface area contributed by atoms with Gasteiger partial charge in [0.1, 0.15) is 0 Å². The smallest absolute Gasteiger partial charge is 0.349 e. The summed E-state index contributed by atoms with van der Waals surface area (Å²) >= 11 is 0. The average molecular weight is 257 g/mol. The van der Waals surface area contributed by atoms with Gasteiger partial charge in [-0.05, 0) is 6.07 Å². The van der Waals surface area contributed by atoms with Gasteiger partial charge in [-0.1, -0.05) is 30.3 Å². The number of benzene rings is 1. The van der Waals surface area contributed by atoms with E-state index in [1.807, 2.05) is 0 Å². The number of aliphatic hydroxyl groups is 2. The first-order chi connectivity index (χ1) is 9.19. The molecule has 96 valence electrons. The molecule has 0 radical (unpaired) electrons. The summed E-state index contributed by atoms with van der Waals surface area (Å²) in [5, 5.41) is 19.5. The van der Waals surface area contributed by atoms with Gasteiger partial charge >= 0.3 is 5.97 Å². The van der Waals surface area contributed by atoms with E-state index in [9.17, 15) is 9.90 Å². The number of aliphatic hydroxyl groups excluding tert-OH is 1. The van der Waals surface area contributed by atoms with Crippen LogP contribution in [0.2, 0.25) is 0 Å². The summed E-state index contributed by atoms with van der Waals surface area (Å²) in [6, 6.07) is 10.2. The third-order valence-electron chi connectivity index (χ3n) is 3.26. The molecule has 1 heterocycles. The molecule has 1 unspecified atom stereocenters. The van der Waals surface area contributed by atoms with Gasteiger partial charge in [0.25, 0.3) is 0 Å². The second-order valence-electron chi connectivity index (χ2n) is 4.22. The molecular formula is C14H11NO4. The fourth-order valence-corrected chi connectivity index (χ4v) is 2.45. The molecule has 0 saturated heterocycles. The zero-order valence-electron chi connectivity index (χ0n) is 9.91. The van der Waals surface area contributed by atoms with E-state index in [4.69, 9.17) is 5.11 Å². The van der Waals surface area contributed by atoms with E-state index in [1.54, 1.807) is 42.6 Å². The van der Waals surface area contributed by atoms with E-state index in [2.05, 4.69) is 9.72 Å². The number of hydrogen-bond donors (Lipinski definition) is 2. The van der Waals surface area contributed by atoms with E-state index in [1.165, 1.54) is 0 Å². The number of aromatic nitrogens is 1. The SMILES string of the molecule is O=C(OCO)C1(O)c2ccccc2-c2ncccc21. The summed E-state index contributed by atoms with van der Waals surface area (Å²) < 4.78 is 4.58. The maximum Gasteiger partial charge on any atom is 0.349 e. The van der Waals surface area contributed by atoms with E-state index < -0.39 is 18.4 Å². The highest BCUT2D eigenvalue weighted by atomic mass is 16.6. The summed E-state index contributed by atoms with van der Waals surface area (Å²) in [6.45, 7) is -0.779. The molecule has 5 nitrogen and oxygen atoms in total. The molecular weight excluding hydrogens is 246 g/mol. The Morgan fingerprint density at radius 1 is 1.21 bits per heavy atom. The number of hydrogen-bond acceptors (Lipinski definition) is 5. The molecule has 1 aliphatic rings. The normalized spacial score (nSPS) is 19.7. The van der Waals surface area contributed by atoms with Crippen molar-refractivity contribution in [2.45, 2.75) is 5.60 Å². The number of pyridine rings is 1. The molecule has 1 atom stereocenters. The van der Waals surface area contributed by atoms with Crippen molar-refractivity contribution in [3.63, 3.8) is 0 Å². The molecule has 1 aromatic heterocycles. The first kappa shape index (κ1) is 11.8. The van der Waals surface area contributed by atoms with Crippen molar-refractivity contribution in [3.8, 4) is 11.3 Å². The summed E-state index contributed by atoms with van der Waals surface area (Å²) in [5.74, 6) is -0.908. The van der Waals surface area contributed by atoms with Crippen LogP contribution in [-0.4, -0.2) is 28.0 Å². The fraction of sp³-hybridized carbons (Fsp3) is 0.143. The molecule has 0 amide bonds. The van der Waals surface area contributed by atoms with Crippen LogP contribution in [0.3, 0.4) is 0 Å². The molecule has 1 aliphatic carbocycles. The number of carbonyl (C=O) groups excluding carboxylic acids is 1. The Labute approximate surface area is 109 Å². The third kappa shape index (κ3) is 1.49. The van der Waals surface area contributed by atoms with E-state index in [0.29, 0.717) is 22.4 Å². The van der Waals surface area contributed by atoms with Gasteiger partial charge in [0.15, 0.2) is 6.79 Å². The Kier molecular flexibility index (Phi) is 2.58. The van der Waals surface area contributed by atoms with Gasteiger partial charge in [-0.2, -0.15) is 0 Å². The van der Waals surface area contributed by atoms with Crippen LogP contribution >= 0.6 is 0 Å². The summed E-state index contributed by atoms with van der Waals surface area (Å²) in [5.41, 5.74) is 0.117. The van der Waals surface area contributed by atoms with Crippen LogP contribution in [-0.2, 0) is 15.1 Å². The summed E-state index contributed by atoms with van der Waals surface area (Å²) in [7, 11) is 0. The molecule has 0 fully saturated rings. The van der Waals surface area contributed by atoms with E-state index in [-0.39, 0.29) is 0 Å². The van der Waals surface area contributed by atoms with Gasteiger partial charge in [-0.3, -0.25) is 4.98 Å². The lowest BCUT2D eigenvalue weighted by Gasteiger charge is -2.22. The van der Waals surface area contributed by atoms with Crippen LogP contribution in [0.4, 0.5) is 0 Å². The Balaban J connectivity index is 2.28. The van der Waals surface area contributed by atoms with Crippen LogP contribution in [0.15, 0.2) is 42.6 Å². The highest BCUT2D eigenvalue weighted by Gasteiger charge is 2.49. The second kappa shape index (κ2) is 4.15. The van der Waals surface area contributed by atoms with Crippen molar-refractivity contribution < 1.29 is 19.7 Å². The van der Waals surface area contributed by atoms with Crippen LogP contribution in [0.25, 0.3) is 11.3 Å². The number of esters is 1. The second-order valence-corrected chi connectivity index (χ2v) is 4.22. The molecule has 19 heavy (non-hydrogen) atoms. The predicted octanol–water partition coefficient (Wildman–Crippen LogP) is 0.791. The Bertz CT molecular complexity index is 608. The Hall–Kier alpha value is -2.24. The number of ether oxygens (including phenoxy) is 1. The molecule has 2 N–H and O–H groups in total. The molecule has 0 spiro atoms. The standard InChI is InChI=1S/C14H11NO4/c16-8-19-13(17)14(18)10-5-2-1-4-9(10)12-11(14)6-3-7-15-12/h1-7,16,18H,8H2. The Morgan fingerprint density at radius 3 is 2.74 bits per heavy atom. The molecule has 0 aliphatic heterocycles. The Morgan fingerprint density at radius 2 is 1.95 bits per heavy atom. The molecule has 0 bridgehead atoms. The zero-order chi connectivity index (χ0) is 13.5. The lowest BCUT2D eigenvalue weighted by Crippen LogP contribution is -2.36. The molecule has 0 saturated carbocycles. The van der Waals surface area contributed by atoms with E-state index >= 15 is 0 Å². The van der Waals surface area contributed by atoms with Crippen LogP contribution < -0.4 is 0 Å². The molecule has 2 aromatic rings. The van der Waals surface area contributed by atoms with Crippen molar-refractivity contribution in [2.24, 2.45) is 0 Å². The van der Waals surface area contributed by atoms with Gasteiger partial charge in [-0.25, -0.2) is 4.79 Å². The van der Waals surface area contributed by atoms with Crippen molar-refractivity contribution >= 4 is 5.97 Å². The third-order valence-corrected chi connectivity index (χ3v) is 3.26. The fourth-order valence-electron chi connectivity index (χ4n) is 2.45. The minimum Gasteiger partial charge on any atom is -0.436 e. The van der Waals surface area contributed by atoms with Gasteiger partial charge < -0.3 is 14.9 Å². The number of fused-ring (bicyclic) bond motifs is 3. The number of nitrogens with zero attached hydrogens (tertiary/aromatic N) is 1. The molecule has 1 aromatic carbocycles. The van der Waals surface area contributed by atoms with Crippen LogP contribution in [0.1, 0.15) is 11.1 Å². The zero-order valence-corrected chi connectivity index (χ0v) is 9.91. The quantitative estimate of drug-likeness (QED) is 0.614. The van der Waals surface area contributed by atoms with Crippen molar-refractivity contribution in [2.75, 3.05) is 6.79 Å². The maximum atomic E-state index is 12.0. The largest absolute Gasteiger partial charge is 0.436 e. The first-order valence-corrected chi connectivity index (χ1v) is 5.75. The summed E-state index contributed by atoms with van der Waals surface area (Å²) in [4.78, 5) is 16.2. The van der Waals surface area contributed by atoms with Crippen molar-refractivity contribution in [1.29, 1.82) is 0 Å². The van der Waals surface area contributed by atoms with Crippen molar-refractivity contribution in [1.82, 2.24) is 4.98 Å². The average Bonchev–Trinajstić information content (AvgIpc) is 2.72. The van der Waals surface area contributed by atoms with Crippen molar-refractivity contribution in [3.05, 3.63) is 53.7 Å². The highest BCUT2D eigenvalue weighted by molar-refractivity contribution is 5.94. The lowest BCUT2D eigenvalue weighted by atomic mass is 9.92. The van der Waals surface area contributed by atoms with Crippen LogP contribution in [0, 0.1) is 0 Å².